The van der Waals surface area contributed by atoms with Gasteiger partial charge in [-0.15, -0.1) is 11.3 Å². The molecular formula is C10H8O2S. The maximum Gasteiger partial charge on any atom is 0.235 e. The first-order valence-electron chi connectivity index (χ1n) is 3.98. The van der Waals surface area contributed by atoms with Gasteiger partial charge in [0, 0.05) is 15.3 Å². The molecule has 3 heteroatoms. The van der Waals surface area contributed by atoms with Crippen molar-refractivity contribution in [1.29, 1.82) is 0 Å². The van der Waals surface area contributed by atoms with Crippen molar-refractivity contribution in [3.63, 3.8) is 0 Å². The van der Waals surface area contributed by atoms with Crippen molar-refractivity contribution >= 4 is 11.3 Å². The fourth-order valence-corrected chi connectivity index (χ4v) is 2.34. The molecule has 2 aromatic rings. The summed E-state index contributed by atoms with van der Waals surface area (Å²) in [6, 6.07) is 3.85. The van der Waals surface area contributed by atoms with Crippen LogP contribution < -0.4 is 10.9 Å². The summed E-state index contributed by atoms with van der Waals surface area (Å²) in [4.78, 5) is 24.2. The number of aryl methyl sites for hydroxylation is 1. The Morgan fingerprint density at radius 3 is 2.23 bits per heavy atom. The molecular weight excluding hydrogens is 184 g/mol. The lowest BCUT2D eigenvalue weighted by molar-refractivity contribution is 1.29. The molecule has 1 heterocycles. The van der Waals surface area contributed by atoms with E-state index >= 15 is 0 Å². The van der Waals surface area contributed by atoms with Crippen LogP contribution in [0.15, 0.2) is 21.7 Å². The van der Waals surface area contributed by atoms with Gasteiger partial charge in [-0.3, -0.25) is 9.59 Å². The van der Waals surface area contributed by atoms with E-state index < -0.39 is 0 Å². The molecule has 0 aliphatic carbocycles. The molecule has 0 radical (unpaired) electrons. The summed E-state index contributed by atoms with van der Waals surface area (Å²) >= 11 is 1.55. The predicted molar refractivity (Wildman–Crippen MR) is 54.1 cm³/mol. The Morgan fingerprint density at radius 1 is 1.08 bits per heavy atom. The first-order valence-corrected chi connectivity index (χ1v) is 4.79. The van der Waals surface area contributed by atoms with Crippen LogP contribution in [0.3, 0.4) is 0 Å². The molecule has 0 fully saturated rings. The number of rotatable bonds is 1. The predicted octanol–water partition coefficient (Wildman–Crippen LogP) is 1.63. The molecule has 0 amide bonds. The maximum absolute atomic E-state index is 11.2. The summed E-state index contributed by atoms with van der Waals surface area (Å²) in [6.07, 6.45) is 0. The number of hydrogen-bond acceptors (Lipinski definition) is 3. The van der Waals surface area contributed by atoms with Gasteiger partial charge in [0.1, 0.15) is 0 Å². The molecule has 2 nitrogen and oxygen atoms in total. The molecule has 0 aliphatic rings. The van der Waals surface area contributed by atoms with Gasteiger partial charge >= 0.3 is 0 Å². The SMILES string of the molecule is Cc1ccc(-c2c(C)c(=O)c2=O)s1. The molecule has 66 valence electrons. The summed E-state index contributed by atoms with van der Waals surface area (Å²) in [6.45, 7) is 3.68. The lowest BCUT2D eigenvalue weighted by Gasteiger charge is -2.02. The van der Waals surface area contributed by atoms with E-state index in [1.165, 1.54) is 0 Å². The van der Waals surface area contributed by atoms with E-state index in [0.717, 1.165) is 9.75 Å². The van der Waals surface area contributed by atoms with Crippen LogP contribution in [-0.4, -0.2) is 0 Å². The van der Waals surface area contributed by atoms with Gasteiger partial charge in [-0.1, -0.05) is 0 Å². The van der Waals surface area contributed by atoms with Crippen LogP contribution in [0.2, 0.25) is 0 Å². The van der Waals surface area contributed by atoms with E-state index in [1.54, 1.807) is 18.3 Å². The molecule has 1 aromatic heterocycles. The average Bonchev–Trinajstić information content (AvgIpc) is 2.51. The van der Waals surface area contributed by atoms with Gasteiger partial charge in [-0.2, -0.15) is 0 Å². The molecule has 0 saturated heterocycles. The summed E-state index contributed by atoms with van der Waals surface area (Å²) in [7, 11) is 0. The van der Waals surface area contributed by atoms with Gasteiger partial charge in [0.25, 0.3) is 0 Å². The minimum Gasteiger partial charge on any atom is -0.285 e. The standard InChI is InChI=1S/C10H8O2S/c1-5-3-4-7(13-5)8-6(2)9(11)10(8)12/h3-4H,1-2H3. The fourth-order valence-electron chi connectivity index (χ4n) is 1.37. The molecule has 0 unspecified atom stereocenters. The van der Waals surface area contributed by atoms with E-state index in [1.807, 2.05) is 19.1 Å². The van der Waals surface area contributed by atoms with E-state index in [4.69, 9.17) is 0 Å². The lowest BCUT2D eigenvalue weighted by atomic mass is 10.0. The van der Waals surface area contributed by atoms with Crippen molar-refractivity contribution in [1.82, 2.24) is 0 Å². The minimum atomic E-state index is -0.334. The second-order valence-electron chi connectivity index (χ2n) is 3.07. The molecule has 0 saturated carbocycles. The van der Waals surface area contributed by atoms with Gasteiger partial charge in [-0.25, -0.2) is 0 Å². The van der Waals surface area contributed by atoms with Crippen LogP contribution in [0.4, 0.5) is 0 Å². The van der Waals surface area contributed by atoms with Crippen LogP contribution in [0, 0.1) is 13.8 Å². The Kier molecular flexibility index (Phi) is 1.70. The molecule has 0 N–H and O–H groups in total. The molecule has 0 aliphatic heterocycles. The smallest absolute Gasteiger partial charge is 0.235 e. The lowest BCUT2D eigenvalue weighted by Crippen LogP contribution is -2.35. The van der Waals surface area contributed by atoms with Crippen LogP contribution in [0.25, 0.3) is 10.4 Å². The van der Waals surface area contributed by atoms with Crippen molar-refractivity contribution in [2.24, 2.45) is 0 Å². The van der Waals surface area contributed by atoms with Gasteiger partial charge in [0.15, 0.2) is 0 Å². The molecule has 2 rings (SSSR count). The Morgan fingerprint density at radius 2 is 1.77 bits per heavy atom. The molecule has 0 spiro atoms. The normalized spacial score (nSPS) is 10.9. The van der Waals surface area contributed by atoms with E-state index in [9.17, 15) is 9.59 Å². The van der Waals surface area contributed by atoms with E-state index in [0.29, 0.717) is 11.1 Å². The van der Waals surface area contributed by atoms with Crippen molar-refractivity contribution < 1.29 is 0 Å². The van der Waals surface area contributed by atoms with Crippen molar-refractivity contribution in [3.8, 4) is 10.4 Å². The Hall–Kier alpha value is -1.22. The Balaban J connectivity index is 2.62. The summed E-state index contributed by atoms with van der Waals surface area (Å²) in [5.74, 6) is 0. The maximum atomic E-state index is 11.2. The largest absolute Gasteiger partial charge is 0.285 e. The monoisotopic (exact) mass is 192 g/mol. The molecule has 0 atom stereocenters. The van der Waals surface area contributed by atoms with Crippen molar-refractivity contribution in [2.45, 2.75) is 13.8 Å². The number of hydrogen-bond donors (Lipinski definition) is 0. The highest BCUT2D eigenvalue weighted by atomic mass is 32.1. The van der Waals surface area contributed by atoms with Crippen molar-refractivity contribution in [3.05, 3.63) is 43.0 Å². The topological polar surface area (TPSA) is 34.1 Å². The molecule has 13 heavy (non-hydrogen) atoms. The first-order chi connectivity index (χ1) is 6.11. The highest BCUT2D eigenvalue weighted by Crippen LogP contribution is 2.26. The van der Waals surface area contributed by atoms with Crippen LogP contribution in [-0.2, 0) is 0 Å². The van der Waals surface area contributed by atoms with Gasteiger partial charge in [0.05, 0.1) is 5.56 Å². The van der Waals surface area contributed by atoms with E-state index in [-0.39, 0.29) is 10.9 Å². The van der Waals surface area contributed by atoms with Gasteiger partial charge in [-0.05, 0) is 26.0 Å². The van der Waals surface area contributed by atoms with Crippen molar-refractivity contribution in [2.75, 3.05) is 0 Å². The van der Waals surface area contributed by atoms with Crippen LogP contribution >= 0.6 is 11.3 Å². The Bertz CT molecular complexity index is 527. The van der Waals surface area contributed by atoms with Crippen LogP contribution in [0.1, 0.15) is 10.4 Å². The third kappa shape index (κ3) is 1.08. The zero-order chi connectivity index (χ0) is 9.59. The minimum absolute atomic E-state index is 0.332. The molecule has 0 bridgehead atoms. The Labute approximate surface area is 79.2 Å². The second kappa shape index (κ2) is 2.64. The van der Waals surface area contributed by atoms with Gasteiger partial charge in [0.2, 0.25) is 10.9 Å². The summed E-state index contributed by atoms with van der Waals surface area (Å²) in [5.41, 5.74) is 0.551. The zero-order valence-corrected chi connectivity index (χ0v) is 8.20. The molecule has 1 aromatic carbocycles. The quantitative estimate of drug-likeness (QED) is 0.643. The summed E-state index contributed by atoms with van der Waals surface area (Å²) in [5, 5.41) is 0. The first kappa shape index (κ1) is 8.38. The highest BCUT2D eigenvalue weighted by molar-refractivity contribution is 7.15. The zero-order valence-electron chi connectivity index (χ0n) is 7.38. The second-order valence-corrected chi connectivity index (χ2v) is 4.36. The average molecular weight is 192 g/mol. The van der Waals surface area contributed by atoms with Crippen LogP contribution in [0.5, 0.6) is 0 Å². The highest BCUT2D eigenvalue weighted by Gasteiger charge is 2.18. The van der Waals surface area contributed by atoms with E-state index in [2.05, 4.69) is 0 Å². The third-order valence-electron chi connectivity index (χ3n) is 2.14. The summed E-state index contributed by atoms with van der Waals surface area (Å²) < 4.78 is 0. The third-order valence-corrected chi connectivity index (χ3v) is 3.15. The fraction of sp³-hybridized carbons (Fsp3) is 0.200. The number of thiophene rings is 1. The van der Waals surface area contributed by atoms with Gasteiger partial charge < -0.3 is 0 Å².